The predicted octanol–water partition coefficient (Wildman–Crippen LogP) is 2.86. The van der Waals surface area contributed by atoms with E-state index in [0.717, 1.165) is 49.5 Å². The molecule has 0 aromatic heterocycles. The van der Waals surface area contributed by atoms with Crippen LogP contribution in [0.4, 0.5) is 11.4 Å². The highest BCUT2D eigenvalue weighted by Crippen LogP contribution is 2.29. The molecule has 8 nitrogen and oxygen atoms in total. The Morgan fingerprint density at radius 1 is 0.943 bits per heavy atom. The average molecular weight is 481 g/mol. The number of anilines is 2. The van der Waals surface area contributed by atoms with E-state index in [1.54, 1.807) is 14.0 Å². The summed E-state index contributed by atoms with van der Waals surface area (Å²) in [6.07, 6.45) is 0.869. The Bertz CT molecular complexity index is 1040. The van der Waals surface area contributed by atoms with E-state index in [4.69, 9.17) is 9.47 Å². The molecule has 2 aromatic rings. The zero-order valence-electron chi connectivity index (χ0n) is 21.0. The zero-order valence-corrected chi connectivity index (χ0v) is 21.0. The number of morpholine rings is 1. The molecule has 2 aliphatic rings. The Balaban J connectivity index is 1.69. The Kier molecular flexibility index (Phi) is 8.25. The van der Waals surface area contributed by atoms with Crippen molar-refractivity contribution < 1.29 is 19.1 Å². The molecule has 2 heterocycles. The molecule has 188 valence electrons. The second kappa shape index (κ2) is 11.6. The number of carbonyl (C=O) groups excluding carboxylic acids is 2. The molecule has 0 radical (unpaired) electrons. The molecular weight excluding hydrogens is 444 g/mol. The fraction of sp³-hybridized carbons (Fsp3) is 0.481. The topological polar surface area (TPSA) is 65.6 Å². The minimum Gasteiger partial charge on any atom is -0.496 e. The number of para-hydroxylation sites is 1. The molecule has 2 amide bonds. The highest BCUT2D eigenvalue weighted by molar-refractivity contribution is 5.98. The Hall–Kier alpha value is -3.10. The summed E-state index contributed by atoms with van der Waals surface area (Å²) >= 11 is 0. The first kappa shape index (κ1) is 25.0. The van der Waals surface area contributed by atoms with Crippen LogP contribution in [0.15, 0.2) is 42.5 Å². The Morgan fingerprint density at radius 2 is 1.71 bits per heavy atom. The second-order valence-corrected chi connectivity index (χ2v) is 9.17. The molecule has 0 unspecified atom stereocenters. The molecule has 0 aliphatic carbocycles. The molecule has 35 heavy (non-hydrogen) atoms. The van der Waals surface area contributed by atoms with Gasteiger partial charge < -0.3 is 29.1 Å². The van der Waals surface area contributed by atoms with E-state index in [0.29, 0.717) is 44.2 Å². The molecule has 0 bridgehead atoms. The van der Waals surface area contributed by atoms with Crippen molar-refractivity contribution in [1.29, 1.82) is 0 Å². The number of methoxy groups -OCH3 is 1. The van der Waals surface area contributed by atoms with E-state index in [1.165, 1.54) is 0 Å². The van der Waals surface area contributed by atoms with Gasteiger partial charge in [-0.3, -0.25) is 9.59 Å². The van der Waals surface area contributed by atoms with Crippen LogP contribution in [0.25, 0.3) is 0 Å². The third kappa shape index (κ3) is 5.94. The number of carbonyl (C=O) groups is 2. The number of nitrogens with zero attached hydrogens (tertiary/aromatic N) is 4. The molecule has 4 rings (SSSR count). The van der Waals surface area contributed by atoms with E-state index in [2.05, 4.69) is 16.8 Å². The molecule has 0 N–H and O–H groups in total. The summed E-state index contributed by atoms with van der Waals surface area (Å²) in [6, 6.07) is 13.7. The minimum atomic E-state index is -0.0752. The van der Waals surface area contributed by atoms with Gasteiger partial charge in [-0.25, -0.2) is 0 Å². The lowest BCUT2D eigenvalue weighted by Crippen LogP contribution is -2.38. The molecule has 2 aromatic carbocycles. The maximum absolute atomic E-state index is 14.0. The molecule has 0 saturated carbocycles. The lowest BCUT2D eigenvalue weighted by Gasteiger charge is -2.30. The van der Waals surface area contributed by atoms with Crippen LogP contribution in [-0.4, -0.2) is 88.3 Å². The average Bonchev–Trinajstić information content (AvgIpc) is 2.91. The van der Waals surface area contributed by atoms with Crippen LogP contribution in [0.5, 0.6) is 5.75 Å². The van der Waals surface area contributed by atoms with Crippen LogP contribution < -0.4 is 14.5 Å². The van der Waals surface area contributed by atoms with E-state index in [1.807, 2.05) is 52.3 Å². The van der Waals surface area contributed by atoms with Gasteiger partial charge in [-0.05, 0) is 49.8 Å². The predicted molar refractivity (Wildman–Crippen MR) is 137 cm³/mol. The van der Waals surface area contributed by atoms with Gasteiger partial charge in [0.25, 0.3) is 5.91 Å². The Morgan fingerprint density at radius 3 is 2.46 bits per heavy atom. The van der Waals surface area contributed by atoms with Crippen molar-refractivity contribution in [2.24, 2.45) is 0 Å². The highest BCUT2D eigenvalue weighted by atomic mass is 16.5. The second-order valence-electron chi connectivity index (χ2n) is 9.17. The van der Waals surface area contributed by atoms with Crippen molar-refractivity contribution in [1.82, 2.24) is 9.80 Å². The number of benzene rings is 2. The number of hydrogen-bond acceptors (Lipinski definition) is 6. The first-order valence-electron chi connectivity index (χ1n) is 12.3. The molecule has 1 saturated heterocycles. The molecule has 0 spiro atoms. The lowest BCUT2D eigenvalue weighted by atomic mass is 10.1. The minimum absolute atomic E-state index is 0.0112. The van der Waals surface area contributed by atoms with E-state index in [9.17, 15) is 9.59 Å². The summed E-state index contributed by atoms with van der Waals surface area (Å²) in [6.45, 7) is 7.79. The van der Waals surface area contributed by atoms with Gasteiger partial charge in [0.1, 0.15) is 5.75 Å². The molecule has 2 aliphatic heterocycles. The summed E-state index contributed by atoms with van der Waals surface area (Å²) in [5, 5.41) is 0. The lowest BCUT2D eigenvalue weighted by molar-refractivity contribution is -0.116. The standard InChI is InChI=1S/C27H36N4O4/c1-21(32)31-12-6-11-28(2)13-14-30(20-22-7-4-5-8-25(22)31)27(33)24-19-23(9-10-26(24)34-3)29-15-17-35-18-16-29/h4-5,7-10,19H,6,11-18,20H2,1-3H3. The van der Waals surface area contributed by atoms with Gasteiger partial charge in [0, 0.05) is 57.6 Å². The van der Waals surface area contributed by atoms with Gasteiger partial charge >= 0.3 is 0 Å². The maximum Gasteiger partial charge on any atom is 0.258 e. The number of hydrogen-bond donors (Lipinski definition) is 0. The van der Waals surface area contributed by atoms with Crippen molar-refractivity contribution in [3.63, 3.8) is 0 Å². The van der Waals surface area contributed by atoms with Gasteiger partial charge in [0.05, 0.1) is 25.9 Å². The maximum atomic E-state index is 14.0. The third-order valence-corrected chi connectivity index (χ3v) is 6.77. The van der Waals surface area contributed by atoms with Gasteiger partial charge in [-0.15, -0.1) is 0 Å². The first-order valence-corrected chi connectivity index (χ1v) is 12.3. The zero-order chi connectivity index (χ0) is 24.8. The van der Waals surface area contributed by atoms with Crippen LogP contribution in [0.3, 0.4) is 0 Å². The SMILES string of the molecule is COc1ccc(N2CCOCC2)cc1C(=O)N1CCN(C)CCCN(C(C)=O)c2ccccc2C1. The first-order chi connectivity index (χ1) is 17.0. The highest BCUT2D eigenvalue weighted by Gasteiger charge is 2.25. The van der Waals surface area contributed by atoms with Crippen LogP contribution >= 0.6 is 0 Å². The number of likely N-dealkylation sites (N-methyl/N-ethyl adjacent to an activating group) is 1. The monoisotopic (exact) mass is 480 g/mol. The van der Waals surface area contributed by atoms with E-state index >= 15 is 0 Å². The van der Waals surface area contributed by atoms with Crippen molar-refractivity contribution in [3.05, 3.63) is 53.6 Å². The summed E-state index contributed by atoms with van der Waals surface area (Å²) in [5.41, 5.74) is 3.38. The van der Waals surface area contributed by atoms with Gasteiger partial charge in [0.2, 0.25) is 5.91 Å². The summed E-state index contributed by atoms with van der Waals surface area (Å²) in [7, 11) is 3.66. The van der Waals surface area contributed by atoms with Crippen molar-refractivity contribution in [3.8, 4) is 5.75 Å². The number of rotatable bonds is 3. The normalized spacial score (nSPS) is 18.0. The fourth-order valence-corrected chi connectivity index (χ4v) is 4.77. The van der Waals surface area contributed by atoms with Crippen LogP contribution in [0, 0.1) is 0 Å². The smallest absolute Gasteiger partial charge is 0.258 e. The van der Waals surface area contributed by atoms with E-state index < -0.39 is 0 Å². The summed E-state index contributed by atoms with van der Waals surface area (Å²) in [4.78, 5) is 34.7. The molecular formula is C27H36N4O4. The fourth-order valence-electron chi connectivity index (χ4n) is 4.77. The van der Waals surface area contributed by atoms with Crippen molar-refractivity contribution in [2.75, 3.05) is 76.4 Å². The quantitative estimate of drug-likeness (QED) is 0.673. The van der Waals surface area contributed by atoms with Crippen molar-refractivity contribution in [2.45, 2.75) is 19.9 Å². The molecule has 8 heteroatoms. The number of ether oxygens (including phenoxy) is 2. The Labute approximate surface area is 208 Å². The van der Waals surface area contributed by atoms with Crippen LogP contribution in [-0.2, 0) is 16.1 Å². The van der Waals surface area contributed by atoms with Gasteiger partial charge in [0.15, 0.2) is 0 Å². The largest absolute Gasteiger partial charge is 0.496 e. The van der Waals surface area contributed by atoms with Gasteiger partial charge in [-0.2, -0.15) is 0 Å². The van der Waals surface area contributed by atoms with Gasteiger partial charge in [-0.1, -0.05) is 18.2 Å². The molecule has 1 fully saturated rings. The van der Waals surface area contributed by atoms with Crippen LogP contribution in [0.1, 0.15) is 29.3 Å². The van der Waals surface area contributed by atoms with Crippen molar-refractivity contribution >= 4 is 23.2 Å². The van der Waals surface area contributed by atoms with Crippen LogP contribution in [0.2, 0.25) is 0 Å². The number of fused-ring (bicyclic) bond motifs is 1. The summed E-state index contributed by atoms with van der Waals surface area (Å²) < 4.78 is 11.1. The molecule has 0 atom stereocenters. The number of amides is 2. The summed E-state index contributed by atoms with van der Waals surface area (Å²) in [5.74, 6) is 0.499. The third-order valence-electron chi connectivity index (χ3n) is 6.77. The van der Waals surface area contributed by atoms with E-state index in [-0.39, 0.29) is 11.8 Å².